The van der Waals surface area contributed by atoms with Crippen LogP contribution in [0.2, 0.25) is 0 Å². The summed E-state index contributed by atoms with van der Waals surface area (Å²) in [5, 5.41) is 0. The summed E-state index contributed by atoms with van der Waals surface area (Å²) in [6, 6.07) is 9.29. The van der Waals surface area contributed by atoms with Gasteiger partial charge in [-0.3, -0.25) is 0 Å². The van der Waals surface area contributed by atoms with E-state index >= 15 is 0 Å². The molecule has 0 unspecified atom stereocenters. The predicted octanol–water partition coefficient (Wildman–Crippen LogP) is 3.05. The van der Waals surface area contributed by atoms with E-state index in [2.05, 4.69) is 52.1 Å². The normalized spacial score (nSPS) is 16.2. The highest BCUT2D eigenvalue weighted by Gasteiger charge is 2.26. The first-order valence-electron chi connectivity index (χ1n) is 4.26. The monoisotopic (exact) mass is 225 g/mol. The molecule has 1 fully saturated rings. The van der Waals surface area contributed by atoms with Crippen molar-refractivity contribution in [2.75, 3.05) is 11.9 Å². The van der Waals surface area contributed by atoms with Crippen molar-refractivity contribution in [3.8, 4) is 0 Å². The van der Waals surface area contributed by atoms with Crippen molar-refractivity contribution < 1.29 is 0 Å². The molecule has 1 saturated carbocycles. The van der Waals surface area contributed by atoms with Crippen LogP contribution in [0, 0.1) is 0 Å². The van der Waals surface area contributed by atoms with Gasteiger partial charge in [0.15, 0.2) is 0 Å². The highest BCUT2D eigenvalue weighted by atomic mass is 79.9. The molecule has 12 heavy (non-hydrogen) atoms. The van der Waals surface area contributed by atoms with E-state index in [-0.39, 0.29) is 0 Å². The van der Waals surface area contributed by atoms with Crippen molar-refractivity contribution in [3.05, 3.63) is 28.7 Å². The van der Waals surface area contributed by atoms with Crippen LogP contribution in [0.15, 0.2) is 28.7 Å². The van der Waals surface area contributed by atoms with Gasteiger partial charge in [0.05, 0.1) is 0 Å². The van der Waals surface area contributed by atoms with Crippen LogP contribution in [0.1, 0.15) is 12.8 Å². The molecule has 1 aromatic carbocycles. The Balaban J connectivity index is 2.16. The second-order valence-electron chi connectivity index (χ2n) is 3.32. The van der Waals surface area contributed by atoms with E-state index < -0.39 is 0 Å². The van der Waals surface area contributed by atoms with Crippen LogP contribution in [-0.4, -0.2) is 13.1 Å². The minimum absolute atomic E-state index is 0.797. The maximum atomic E-state index is 3.43. The van der Waals surface area contributed by atoms with Crippen molar-refractivity contribution in [3.63, 3.8) is 0 Å². The Labute approximate surface area is 81.5 Å². The molecule has 1 aliphatic rings. The molecule has 2 heteroatoms. The molecule has 0 N–H and O–H groups in total. The molecule has 0 radical (unpaired) electrons. The van der Waals surface area contributed by atoms with Gasteiger partial charge in [-0.1, -0.05) is 15.9 Å². The SMILES string of the molecule is CN(c1ccc(Br)cc1)C1CC1. The number of nitrogens with zero attached hydrogens (tertiary/aromatic N) is 1. The molecule has 64 valence electrons. The second-order valence-corrected chi connectivity index (χ2v) is 4.23. The molecule has 0 bridgehead atoms. The Morgan fingerprint density at radius 1 is 1.25 bits per heavy atom. The van der Waals surface area contributed by atoms with Crippen molar-refractivity contribution >= 4 is 21.6 Å². The van der Waals surface area contributed by atoms with Crippen LogP contribution >= 0.6 is 15.9 Å². The molecule has 1 aliphatic carbocycles. The van der Waals surface area contributed by atoms with E-state index in [1.165, 1.54) is 18.5 Å². The van der Waals surface area contributed by atoms with Gasteiger partial charge in [-0.05, 0) is 37.1 Å². The van der Waals surface area contributed by atoms with E-state index in [4.69, 9.17) is 0 Å². The highest BCUT2D eigenvalue weighted by Crippen LogP contribution is 2.30. The third kappa shape index (κ3) is 1.63. The number of rotatable bonds is 2. The lowest BCUT2D eigenvalue weighted by Crippen LogP contribution is -2.18. The van der Waals surface area contributed by atoms with Gasteiger partial charge < -0.3 is 4.90 Å². The lowest BCUT2D eigenvalue weighted by Gasteiger charge is -2.18. The van der Waals surface area contributed by atoms with Crippen molar-refractivity contribution in [1.82, 2.24) is 0 Å². The standard InChI is InChI=1S/C10H12BrN/c1-12(10-6-7-10)9-4-2-8(11)3-5-9/h2-5,10H,6-7H2,1H3. The van der Waals surface area contributed by atoms with E-state index in [0.717, 1.165) is 10.5 Å². The molecule has 1 aromatic rings. The maximum absolute atomic E-state index is 3.43. The predicted molar refractivity (Wildman–Crippen MR) is 55.6 cm³/mol. The van der Waals surface area contributed by atoms with Crippen molar-refractivity contribution in [1.29, 1.82) is 0 Å². The van der Waals surface area contributed by atoms with E-state index in [0.29, 0.717) is 0 Å². The Kier molecular flexibility index (Phi) is 2.09. The summed E-state index contributed by atoms with van der Waals surface area (Å²) in [7, 11) is 2.17. The third-order valence-corrected chi connectivity index (χ3v) is 2.86. The lowest BCUT2D eigenvalue weighted by atomic mass is 10.3. The van der Waals surface area contributed by atoms with Crippen molar-refractivity contribution in [2.45, 2.75) is 18.9 Å². The Morgan fingerprint density at radius 2 is 1.83 bits per heavy atom. The van der Waals surface area contributed by atoms with Crippen LogP contribution in [-0.2, 0) is 0 Å². The number of anilines is 1. The zero-order valence-corrected chi connectivity index (χ0v) is 8.71. The van der Waals surface area contributed by atoms with Crippen LogP contribution < -0.4 is 4.90 Å². The molecule has 0 atom stereocenters. The van der Waals surface area contributed by atoms with Gasteiger partial charge in [-0.25, -0.2) is 0 Å². The molecule has 0 spiro atoms. The fourth-order valence-electron chi connectivity index (χ4n) is 1.35. The summed E-state index contributed by atoms with van der Waals surface area (Å²) in [6.07, 6.45) is 2.71. The van der Waals surface area contributed by atoms with E-state index in [1.54, 1.807) is 0 Å². The third-order valence-electron chi connectivity index (χ3n) is 2.33. The summed E-state index contributed by atoms with van der Waals surface area (Å²) < 4.78 is 1.15. The molecule has 0 amide bonds. The van der Waals surface area contributed by atoms with Crippen LogP contribution in [0.5, 0.6) is 0 Å². The summed E-state index contributed by atoms with van der Waals surface area (Å²) in [6.45, 7) is 0. The molecular formula is C10H12BrN. The fourth-order valence-corrected chi connectivity index (χ4v) is 1.61. The van der Waals surface area contributed by atoms with Crippen LogP contribution in [0.4, 0.5) is 5.69 Å². The molecule has 0 heterocycles. The molecule has 2 rings (SSSR count). The van der Waals surface area contributed by atoms with Crippen LogP contribution in [0.3, 0.4) is 0 Å². The molecule has 0 saturated heterocycles. The van der Waals surface area contributed by atoms with E-state index in [1.807, 2.05) is 0 Å². The first-order valence-corrected chi connectivity index (χ1v) is 5.05. The Morgan fingerprint density at radius 3 is 2.33 bits per heavy atom. The van der Waals surface area contributed by atoms with Gasteiger partial charge in [-0.2, -0.15) is 0 Å². The minimum Gasteiger partial charge on any atom is -0.372 e. The number of hydrogen-bond acceptors (Lipinski definition) is 1. The fraction of sp³-hybridized carbons (Fsp3) is 0.400. The molecule has 0 aromatic heterocycles. The van der Waals surface area contributed by atoms with Gasteiger partial charge in [0.2, 0.25) is 0 Å². The first kappa shape index (κ1) is 8.11. The molecule has 1 nitrogen and oxygen atoms in total. The Hall–Kier alpha value is -0.500. The minimum atomic E-state index is 0.797. The smallest absolute Gasteiger partial charge is 0.0366 e. The largest absolute Gasteiger partial charge is 0.372 e. The zero-order valence-electron chi connectivity index (χ0n) is 7.13. The summed E-state index contributed by atoms with van der Waals surface area (Å²) in [4.78, 5) is 2.35. The Bertz CT molecular complexity index is 264. The maximum Gasteiger partial charge on any atom is 0.0366 e. The van der Waals surface area contributed by atoms with Gasteiger partial charge in [0, 0.05) is 23.2 Å². The highest BCUT2D eigenvalue weighted by molar-refractivity contribution is 9.10. The number of hydrogen-bond donors (Lipinski definition) is 0. The van der Waals surface area contributed by atoms with Crippen molar-refractivity contribution in [2.24, 2.45) is 0 Å². The summed E-state index contributed by atoms with van der Waals surface area (Å²) in [5.74, 6) is 0. The molecule has 0 aliphatic heterocycles. The topological polar surface area (TPSA) is 3.24 Å². The first-order chi connectivity index (χ1) is 5.77. The number of benzene rings is 1. The average molecular weight is 226 g/mol. The van der Waals surface area contributed by atoms with Gasteiger partial charge in [-0.15, -0.1) is 0 Å². The van der Waals surface area contributed by atoms with Crippen LogP contribution in [0.25, 0.3) is 0 Å². The average Bonchev–Trinajstić information content (AvgIpc) is 2.87. The zero-order chi connectivity index (χ0) is 8.55. The quantitative estimate of drug-likeness (QED) is 0.749. The second kappa shape index (κ2) is 3.09. The van der Waals surface area contributed by atoms with Gasteiger partial charge in [0.25, 0.3) is 0 Å². The summed E-state index contributed by atoms with van der Waals surface area (Å²) in [5.41, 5.74) is 1.32. The molecular weight excluding hydrogens is 214 g/mol. The van der Waals surface area contributed by atoms with Gasteiger partial charge >= 0.3 is 0 Å². The van der Waals surface area contributed by atoms with E-state index in [9.17, 15) is 0 Å². The summed E-state index contributed by atoms with van der Waals surface area (Å²) >= 11 is 3.43. The number of halogens is 1. The lowest BCUT2D eigenvalue weighted by molar-refractivity contribution is 0.917. The van der Waals surface area contributed by atoms with Gasteiger partial charge in [0.1, 0.15) is 0 Å².